The molecule has 0 unspecified atom stereocenters. The van der Waals surface area contributed by atoms with Crippen LogP contribution in [0.1, 0.15) is 29.3 Å². The number of ketones is 1. The van der Waals surface area contributed by atoms with Crippen molar-refractivity contribution in [1.82, 2.24) is 0 Å². The Kier molecular flexibility index (Phi) is 2.28. The molecule has 1 atom stereocenters. The Labute approximate surface area is 83.9 Å². The molecule has 1 aliphatic carbocycles. The summed E-state index contributed by atoms with van der Waals surface area (Å²) in [7, 11) is 1.65. The Hall–Kier alpha value is -1.31. The normalized spacial score (nSPS) is 20.4. The lowest BCUT2D eigenvalue weighted by molar-refractivity contribution is 0.0912. The van der Waals surface area contributed by atoms with E-state index in [-0.39, 0.29) is 11.7 Å². The van der Waals surface area contributed by atoms with Gasteiger partial charge in [0.05, 0.1) is 7.11 Å². The van der Waals surface area contributed by atoms with E-state index in [1.165, 1.54) is 0 Å². The van der Waals surface area contributed by atoms with Crippen molar-refractivity contribution in [3.63, 3.8) is 0 Å². The molecule has 0 saturated carbocycles. The lowest BCUT2D eigenvalue weighted by Gasteiger charge is -2.21. The Balaban J connectivity index is 2.52. The van der Waals surface area contributed by atoms with Gasteiger partial charge < -0.3 is 4.74 Å². The van der Waals surface area contributed by atoms with Crippen LogP contribution in [0.4, 0.5) is 0 Å². The minimum absolute atomic E-state index is 0.162. The van der Waals surface area contributed by atoms with Crippen molar-refractivity contribution >= 4 is 5.78 Å². The SMILES string of the molecule is COc1cccc2c1CC[C@@H](C)C2=O. The Morgan fingerprint density at radius 1 is 1.43 bits per heavy atom. The summed E-state index contributed by atoms with van der Waals surface area (Å²) in [6.07, 6.45) is 1.89. The van der Waals surface area contributed by atoms with Crippen LogP contribution < -0.4 is 4.74 Å². The van der Waals surface area contributed by atoms with Gasteiger partial charge in [-0.2, -0.15) is 0 Å². The molecule has 1 aromatic rings. The average molecular weight is 190 g/mol. The van der Waals surface area contributed by atoms with Crippen molar-refractivity contribution in [3.8, 4) is 5.75 Å². The van der Waals surface area contributed by atoms with E-state index in [2.05, 4.69) is 0 Å². The van der Waals surface area contributed by atoms with Crippen LogP contribution in [-0.4, -0.2) is 12.9 Å². The van der Waals surface area contributed by atoms with Crippen molar-refractivity contribution in [1.29, 1.82) is 0 Å². The molecule has 0 fully saturated rings. The third kappa shape index (κ3) is 1.31. The maximum Gasteiger partial charge on any atom is 0.166 e. The summed E-state index contributed by atoms with van der Waals surface area (Å²) < 4.78 is 5.24. The van der Waals surface area contributed by atoms with Crippen LogP contribution in [0.2, 0.25) is 0 Å². The molecule has 2 nitrogen and oxygen atoms in total. The molecule has 2 heteroatoms. The van der Waals surface area contributed by atoms with E-state index in [1.54, 1.807) is 7.11 Å². The van der Waals surface area contributed by atoms with Crippen LogP contribution >= 0.6 is 0 Å². The predicted octanol–water partition coefficient (Wildman–Crippen LogP) is 2.46. The minimum atomic E-state index is 0.162. The highest BCUT2D eigenvalue weighted by Crippen LogP contribution is 2.31. The zero-order chi connectivity index (χ0) is 10.1. The van der Waals surface area contributed by atoms with Crippen LogP contribution in [0, 0.1) is 5.92 Å². The highest BCUT2D eigenvalue weighted by atomic mass is 16.5. The first-order valence-electron chi connectivity index (χ1n) is 4.94. The van der Waals surface area contributed by atoms with Gasteiger partial charge in [0.1, 0.15) is 5.75 Å². The topological polar surface area (TPSA) is 26.3 Å². The van der Waals surface area contributed by atoms with Crippen molar-refractivity contribution in [2.45, 2.75) is 19.8 Å². The first-order valence-corrected chi connectivity index (χ1v) is 4.94. The summed E-state index contributed by atoms with van der Waals surface area (Å²) in [5, 5.41) is 0. The molecule has 0 spiro atoms. The number of hydrogen-bond acceptors (Lipinski definition) is 2. The number of methoxy groups -OCH3 is 1. The van der Waals surface area contributed by atoms with E-state index in [1.807, 2.05) is 25.1 Å². The van der Waals surface area contributed by atoms with E-state index < -0.39 is 0 Å². The number of hydrogen-bond donors (Lipinski definition) is 0. The second kappa shape index (κ2) is 3.45. The van der Waals surface area contributed by atoms with Crippen LogP contribution in [0.15, 0.2) is 18.2 Å². The van der Waals surface area contributed by atoms with Gasteiger partial charge >= 0.3 is 0 Å². The fourth-order valence-corrected chi connectivity index (χ4v) is 2.00. The number of benzene rings is 1. The zero-order valence-electron chi connectivity index (χ0n) is 8.54. The maximum atomic E-state index is 11.8. The second-order valence-electron chi connectivity index (χ2n) is 3.79. The molecule has 74 valence electrons. The summed E-state index contributed by atoms with van der Waals surface area (Å²) in [5.74, 6) is 1.27. The average Bonchev–Trinajstić information content (AvgIpc) is 2.23. The van der Waals surface area contributed by atoms with Gasteiger partial charge in [-0.3, -0.25) is 4.79 Å². The second-order valence-corrected chi connectivity index (χ2v) is 3.79. The lowest BCUT2D eigenvalue weighted by Crippen LogP contribution is -2.20. The number of carbonyl (C=O) groups is 1. The van der Waals surface area contributed by atoms with Gasteiger partial charge in [0, 0.05) is 17.0 Å². The molecule has 1 aliphatic rings. The lowest BCUT2D eigenvalue weighted by atomic mass is 9.83. The molecule has 0 saturated heterocycles. The fourth-order valence-electron chi connectivity index (χ4n) is 2.00. The number of Topliss-reactive ketones (excluding diaryl/α,β-unsaturated/α-hetero) is 1. The highest BCUT2D eigenvalue weighted by Gasteiger charge is 2.25. The molecule has 0 aliphatic heterocycles. The van der Waals surface area contributed by atoms with E-state index >= 15 is 0 Å². The van der Waals surface area contributed by atoms with Gasteiger partial charge in [0.25, 0.3) is 0 Å². The summed E-state index contributed by atoms with van der Waals surface area (Å²) in [5.41, 5.74) is 1.93. The van der Waals surface area contributed by atoms with Gasteiger partial charge in [0.15, 0.2) is 5.78 Å². The molecular formula is C12H14O2. The van der Waals surface area contributed by atoms with Crippen molar-refractivity contribution < 1.29 is 9.53 Å². The summed E-state index contributed by atoms with van der Waals surface area (Å²) in [6.45, 7) is 1.99. The van der Waals surface area contributed by atoms with E-state index in [4.69, 9.17) is 4.74 Å². The van der Waals surface area contributed by atoms with E-state index in [0.717, 1.165) is 29.7 Å². The van der Waals surface area contributed by atoms with Gasteiger partial charge in [0.2, 0.25) is 0 Å². The molecule has 0 heterocycles. The van der Waals surface area contributed by atoms with Crippen LogP contribution in [-0.2, 0) is 6.42 Å². The Bertz CT molecular complexity index is 369. The molecule has 0 bridgehead atoms. The Morgan fingerprint density at radius 2 is 2.21 bits per heavy atom. The number of fused-ring (bicyclic) bond motifs is 1. The number of carbonyl (C=O) groups excluding carboxylic acids is 1. The summed E-state index contributed by atoms with van der Waals surface area (Å²) in [4.78, 5) is 11.8. The highest BCUT2D eigenvalue weighted by molar-refractivity contribution is 6.00. The van der Waals surface area contributed by atoms with Crippen LogP contribution in [0.5, 0.6) is 5.75 Å². The summed E-state index contributed by atoms with van der Waals surface area (Å²) in [6, 6.07) is 5.70. The number of ether oxygens (including phenoxy) is 1. The monoisotopic (exact) mass is 190 g/mol. The van der Waals surface area contributed by atoms with Gasteiger partial charge in [-0.05, 0) is 18.9 Å². The van der Waals surface area contributed by atoms with Crippen molar-refractivity contribution in [2.75, 3.05) is 7.11 Å². The standard InChI is InChI=1S/C12H14O2/c1-8-6-7-9-10(12(8)13)4-3-5-11(9)14-2/h3-5,8H,6-7H2,1-2H3/t8-/m1/s1. The van der Waals surface area contributed by atoms with Crippen molar-refractivity contribution in [2.24, 2.45) is 5.92 Å². The molecular weight excluding hydrogens is 176 g/mol. The third-order valence-electron chi connectivity index (χ3n) is 2.89. The molecule has 0 radical (unpaired) electrons. The number of rotatable bonds is 1. The zero-order valence-corrected chi connectivity index (χ0v) is 8.54. The molecule has 14 heavy (non-hydrogen) atoms. The van der Waals surface area contributed by atoms with Crippen LogP contribution in [0.3, 0.4) is 0 Å². The largest absolute Gasteiger partial charge is 0.496 e. The third-order valence-corrected chi connectivity index (χ3v) is 2.89. The maximum absolute atomic E-state index is 11.8. The first kappa shape index (κ1) is 9.25. The van der Waals surface area contributed by atoms with Gasteiger partial charge in [-0.15, -0.1) is 0 Å². The van der Waals surface area contributed by atoms with Crippen molar-refractivity contribution in [3.05, 3.63) is 29.3 Å². The smallest absolute Gasteiger partial charge is 0.166 e. The Morgan fingerprint density at radius 3 is 2.93 bits per heavy atom. The fraction of sp³-hybridized carbons (Fsp3) is 0.417. The molecule has 1 aromatic carbocycles. The van der Waals surface area contributed by atoms with Crippen LogP contribution in [0.25, 0.3) is 0 Å². The van der Waals surface area contributed by atoms with Gasteiger partial charge in [-0.1, -0.05) is 19.1 Å². The predicted molar refractivity (Wildman–Crippen MR) is 54.8 cm³/mol. The van der Waals surface area contributed by atoms with Gasteiger partial charge in [-0.25, -0.2) is 0 Å². The first-order chi connectivity index (χ1) is 6.74. The van der Waals surface area contributed by atoms with E-state index in [0.29, 0.717) is 0 Å². The molecule has 0 aromatic heterocycles. The van der Waals surface area contributed by atoms with E-state index in [9.17, 15) is 4.79 Å². The molecule has 2 rings (SSSR count). The minimum Gasteiger partial charge on any atom is -0.496 e. The quantitative estimate of drug-likeness (QED) is 0.680. The molecule has 0 amide bonds. The summed E-state index contributed by atoms with van der Waals surface area (Å²) >= 11 is 0. The molecule has 0 N–H and O–H groups in total.